The van der Waals surface area contributed by atoms with E-state index in [1.54, 1.807) is 6.20 Å². The van der Waals surface area contributed by atoms with Gasteiger partial charge >= 0.3 is 0 Å². The minimum atomic E-state index is 0.672. The van der Waals surface area contributed by atoms with E-state index in [4.69, 9.17) is 23.8 Å². The maximum absolute atomic E-state index is 5.74. The van der Waals surface area contributed by atoms with Crippen molar-refractivity contribution in [2.45, 2.75) is 19.9 Å². The van der Waals surface area contributed by atoms with Gasteiger partial charge in [-0.1, -0.05) is 11.6 Å². The average Bonchev–Trinajstić information content (AvgIpc) is 2.60. The molecule has 0 radical (unpaired) electrons. The highest BCUT2D eigenvalue weighted by molar-refractivity contribution is 7.80. The first kappa shape index (κ1) is 12.3. The zero-order valence-corrected chi connectivity index (χ0v) is 10.2. The Morgan fingerprint density at radius 2 is 2.40 bits per heavy atom. The molecule has 0 saturated carbocycles. The number of halogens is 1. The van der Waals surface area contributed by atoms with E-state index in [9.17, 15) is 0 Å². The standard InChI is InChI=1S/C9H15ClN4S/c1-2-11-9(15)12-4-3-5-14-7-8(10)6-13-14/h6-7H,2-5H2,1H3,(H2,11,12,15). The summed E-state index contributed by atoms with van der Waals surface area (Å²) in [4.78, 5) is 0. The van der Waals surface area contributed by atoms with Gasteiger partial charge in [-0.3, -0.25) is 4.68 Å². The van der Waals surface area contributed by atoms with Gasteiger partial charge in [0.1, 0.15) is 0 Å². The predicted molar refractivity (Wildman–Crippen MR) is 66.1 cm³/mol. The van der Waals surface area contributed by atoms with Crippen LogP contribution in [0.25, 0.3) is 0 Å². The Kier molecular flexibility index (Phi) is 5.42. The van der Waals surface area contributed by atoms with E-state index in [1.807, 2.05) is 17.8 Å². The third kappa shape index (κ3) is 4.99. The monoisotopic (exact) mass is 246 g/mol. The summed E-state index contributed by atoms with van der Waals surface area (Å²) in [6, 6.07) is 0. The SMILES string of the molecule is CCNC(=S)NCCCn1cc(Cl)cn1. The number of hydrogen-bond donors (Lipinski definition) is 2. The van der Waals surface area contributed by atoms with Crippen molar-refractivity contribution in [2.24, 2.45) is 0 Å². The van der Waals surface area contributed by atoms with Gasteiger partial charge in [0, 0.05) is 25.8 Å². The van der Waals surface area contributed by atoms with Crippen LogP contribution in [0.3, 0.4) is 0 Å². The molecule has 1 aromatic heterocycles. The molecule has 0 bridgehead atoms. The summed E-state index contributed by atoms with van der Waals surface area (Å²) in [5.74, 6) is 0. The third-order valence-corrected chi connectivity index (χ3v) is 2.27. The summed E-state index contributed by atoms with van der Waals surface area (Å²) in [6.45, 7) is 4.54. The smallest absolute Gasteiger partial charge is 0.166 e. The van der Waals surface area contributed by atoms with Crippen LogP contribution in [0.15, 0.2) is 12.4 Å². The Balaban J connectivity index is 2.09. The van der Waals surface area contributed by atoms with Crippen molar-refractivity contribution in [2.75, 3.05) is 13.1 Å². The second kappa shape index (κ2) is 6.63. The number of aryl methyl sites for hydroxylation is 1. The van der Waals surface area contributed by atoms with Gasteiger partial charge in [0.15, 0.2) is 5.11 Å². The van der Waals surface area contributed by atoms with Crippen molar-refractivity contribution in [3.05, 3.63) is 17.4 Å². The number of aromatic nitrogens is 2. The van der Waals surface area contributed by atoms with Gasteiger partial charge in [0.2, 0.25) is 0 Å². The third-order valence-electron chi connectivity index (χ3n) is 1.79. The van der Waals surface area contributed by atoms with Gasteiger partial charge in [-0.2, -0.15) is 5.10 Å². The largest absolute Gasteiger partial charge is 0.363 e. The van der Waals surface area contributed by atoms with Crippen LogP contribution in [0.2, 0.25) is 5.02 Å². The van der Waals surface area contributed by atoms with Crippen LogP contribution in [0, 0.1) is 0 Å². The fourth-order valence-corrected chi connectivity index (χ4v) is 1.53. The molecule has 84 valence electrons. The zero-order chi connectivity index (χ0) is 11.1. The van der Waals surface area contributed by atoms with Gasteiger partial charge in [-0.15, -0.1) is 0 Å². The molecule has 0 aliphatic carbocycles. The van der Waals surface area contributed by atoms with Crippen molar-refractivity contribution in [1.82, 2.24) is 20.4 Å². The predicted octanol–water partition coefficient (Wildman–Crippen LogP) is 1.41. The average molecular weight is 247 g/mol. The normalized spacial score (nSPS) is 10.0. The van der Waals surface area contributed by atoms with Gasteiger partial charge in [-0.25, -0.2) is 0 Å². The number of rotatable bonds is 5. The maximum atomic E-state index is 5.74. The first-order valence-corrected chi connectivity index (χ1v) is 5.70. The zero-order valence-electron chi connectivity index (χ0n) is 8.66. The molecule has 0 aliphatic heterocycles. The molecule has 0 fully saturated rings. The highest BCUT2D eigenvalue weighted by atomic mass is 35.5. The fraction of sp³-hybridized carbons (Fsp3) is 0.556. The fourth-order valence-electron chi connectivity index (χ4n) is 1.13. The molecule has 2 N–H and O–H groups in total. The Labute approximate surface area is 100.0 Å². The van der Waals surface area contributed by atoms with Gasteiger partial charge in [0.25, 0.3) is 0 Å². The molecule has 0 amide bonds. The van der Waals surface area contributed by atoms with E-state index in [2.05, 4.69) is 15.7 Å². The Morgan fingerprint density at radius 3 is 3.00 bits per heavy atom. The first-order chi connectivity index (χ1) is 7.22. The van der Waals surface area contributed by atoms with Gasteiger partial charge in [0.05, 0.1) is 11.2 Å². The summed E-state index contributed by atoms with van der Waals surface area (Å²) in [7, 11) is 0. The topological polar surface area (TPSA) is 41.9 Å². The lowest BCUT2D eigenvalue weighted by Gasteiger charge is -2.08. The van der Waals surface area contributed by atoms with Gasteiger partial charge in [-0.05, 0) is 25.6 Å². The highest BCUT2D eigenvalue weighted by Crippen LogP contribution is 2.04. The molecule has 0 aromatic carbocycles. The van der Waals surface area contributed by atoms with Crippen molar-refractivity contribution in [1.29, 1.82) is 0 Å². The lowest BCUT2D eigenvalue weighted by atomic mass is 10.4. The van der Waals surface area contributed by atoms with Crippen LogP contribution < -0.4 is 10.6 Å². The summed E-state index contributed by atoms with van der Waals surface area (Å²) < 4.78 is 1.82. The molecule has 0 spiro atoms. The lowest BCUT2D eigenvalue weighted by molar-refractivity contribution is 0.572. The number of nitrogens with zero attached hydrogens (tertiary/aromatic N) is 2. The van der Waals surface area contributed by atoms with Crippen molar-refractivity contribution in [3.63, 3.8) is 0 Å². The van der Waals surface area contributed by atoms with Crippen LogP contribution in [-0.2, 0) is 6.54 Å². The Morgan fingerprint density at radius 1 is 1.60 bits per heavy atom. The van der Waals surface area contributed by atoms with Crippen LogP contribution in [0.5, 0.6) is 0 Å². The summed E-state index contributed by atoms with van der Waals surface area (Å²) in [5.41, 5.74) is 0. The minimum absolute atomic E-state index is 0.672. The summed E-state index contributed by atoms with van der Waals surface area (Å²) >= 11 is 10.8. The molecule has 1 heterocycles. The van der Waals surface area contributed by atoms with E-state index in [0.29, 0.717) is 10.1 Å². The maximum Gasteiger partial charge on any atom is 0.166 e. The van der Waals surface area contributed by atoms with Crippen LogP contribution in [0.4, 0.5) is 0 Å². The van der Waals surface area contributed by atoms with Crippen molar-refractivity contribution >= 4 is 28.9 Å². The molecule has 1 rings (SSSR count). The molecule has 4 nitrogen and oxygen atoms in total. The second-order valence-electron chi connectivity index (χ2n) is 3.06. The van der Waals surface area contributed by atoms with E-state index >= 15 is 0 Å². The molecule has 1 aromatic rings. The number of nitrogens with one attached hydrogen (secondary N) is 2. The van der Waals surface area contributed by atoms with Crippen LogP contribution in [-0.4, -0.2) is 28.0 Å². The Hall–Kier alpha value is -0.810. The Bertz CT molecular complexity index is 313. The van der Waals surface area contributed by atoms with Crippen LogP contribution in [0.1, 0.15) is 13.3 Å². The summed E-state index contributed by atoms with van der Waals surface area (Å²) in [6.07, 6.45) is 4.41. The van der Waals surface area contributed by atoms with E-state index in [1.165, 1.54) is 0 Å². The molecule has 0 saturated heterocycles. The van der Waals surface area contributed by atoms with E-state index in [0.717, 1.165) is 26.1 Å². The van der Waals surface area contributed by atoms with Crippen molar-refractivity contribution in [3.8, 4) is 0 Å². The lowest BCUT2D eigenvalue weighted by Crippen LogP contribution is -2.35. The summed E-state index contributed by atoms with van der Waals surface area (Å²) in [5, 5.41) is 11.6. The molecule has 0 unspecified atom stereocenters. The van der Waals surface area contributed by atoms with E-state index < -0.39 is 0 Å². The van der Waals surface area contributed by atoms with Crippen molar-refractivity contribution < 1.29 is 0 Å². The second-order valence-corrected chi connectivity index (χ2v) is 3.91. The van der Waals surface area contributed by atoms with E-state index in [-0.39, 0.29) is 0 Å². The minimum Gasteiger partial charge on any atom is -0.363 e. The molecule has 0 aliphatic rings. The first-order valence-electron chi connectivity index (χ1n) is 4.92. The molecular weight excluding hydrogens is 232 g/mol. The molecular formula is C9H15ClN4S. The number of hydrogen-bond acceptors (Lipinski definition) is 2. The highest BCUT2D eigenvalue weighted by Gasteiger charge is 1.96. The molecule has 15 heavy (non-hydrogen) atoms. The quantitative estimate of drug-likeness (QED) is 0.609. The molecule has 6 heteroatoms. The molecule has 0 atom stereocenters. The number of thiocarbonyl (C=S) groups is 1. The van der Waals surface area contributed by atoms with Crippen LogP contribution >= 0.6 is 23.8 Å². The van der Waals surface area contributed by atoms with Gasteiger partial charge < -0.3 is 10.6 Å².